The van der Waals surface area contributed by atoms with E-state index in [1.165, 1.54) is 23.3 Å². The van der Waals surface area contributed by atoms with E-state index in [1.54, 1.807) is 18.3 Å². The van der Waals surface area contributed by atoms with Crippen LogP contribution in [0.15, 0.2) is 16.9 Å². The molecule has 3 heterocycles. The van der Waals surface area contributed by atoms with Gasteiger partial charge in [-0.1, -0.05) is 0 Å². The normalized spacial score (nSPS) is 11.0. The van der Waals surface area contributed by atoms with Crippen molar-refractivity contribution in [1.82, 2.24) is 9.97 Å². The number of aromatic amines is 1. The highest BCUT2D eigenvalue weighted by molar-refractivity contribution is 7.20. The van der Waals surface area contributed by atoms with Gasteiger partial charge in [0.25, 0.3) is 5.56 Å². The van der Waals surface area contributed by atoms with E-state index in [2.05, 4.69) is 9.97 Å². The van der Waals surface area contributed by atoms with Gasteiger partial charge in [0.2, 0.25) is 0 Å². The molecule has 0 aromatic carbocycles. The molecule has 0 fully saturated rings. The third-order valence-electron chi connectivity index (χ3n) is 3.36. The van der Waals surface area contributed by atoms with E-state index in [4.69, 9.17) is 4.74 Å². The van der Waals surface area contributed by atoms with Crippen LogP contribution in [-0.2, 0) is 11.2 Å². The number of H-pyrrole nitrogens is 1. The minimum atomic E-state index is -0.435. The number of nitrogens with one attached hydrogen (secondary N) is 1. The first-order valence-corrected chi connectivity index (χ1v) is 8.29. The molecule has 0 spiro atoms. The Kier molecular flexibility index (Phi) is 3.84. The number of hydrogen-bond acceptors (Lipinski definition) is 6. The Morgan fingerprint density at radius 2 is 2.09 bits per heavy atom. The Morgan fingerprint density at radius 1 is 1.32 bits per heavy atom. The molecular formula is C15H14N2O3S2. The number of carbonyl (C=O) groups is 1. The summed E-state index contributed by atoms with van der Waals surface area (Å²) in [7, 11) is 1.33. The van der Waals surface area contributed by atoms with Gasteiger partial charge in [0, 0.05) is 16.2 Å². The highest BCUT2D eigenvalue weighted by Gasteiger charge is 2.19. The summed E-state index contributed by atoms with van der Waals surface area (Å²) in [5, 5.41) is 0.469. The highest BCUT2D eigenvalue weighted by atomic mass is 32.1. The summed E-state index contributed by atoms with van der Waals surface area (Å²) in [6, 6.07) is 4.07. The van der Waals surface area contributed by atoms with E-state index in [0.29, 0.717) is 32.9 Å². The van der Waals surface area contributed by atoms with Crippen LogP contribution in [0.2, 0.25) is 0 Å². The second kappa shape index (κ2) is 5.66. The zero-order valence-corrected chi connectivity index (χ0v) is 14.0. The molecular weight excluding hydrogens is 320 g/mol. The Labute approximate surface area is 134 Å². The van der Waals surface area contributed by atoms with Crippen molar-refractivity contribution in [3.63, 3.8) is 0 Å². The molecule has 0 saturated carbocycles. The zero-order chi connectivity index (χ0) is 15.9. The van der Waals surface area contributed by atoms with Crippen LogP contribution in [0.4, 0.5) is 0 Å². The first-order valence-electron chi connectivity index (χ1n) is 6.65. The molecule has 0 radical (unpaired) electrons. The lowest BCUT2D eigenvalue weighted by Crippen LogP contribution is -2.11. The average Bonchev–Trinajstić information content (AvgIpc) is 3.02. The standard InChI is InChI=1S/C15H14N2O3S2/c1-7-4-5-9(21-7)6-10-16-13(18)11-8(2)12(15(19)20-3)22-14(11)17-10/h4-5H,6H2,1-3H3,(H,16,17,18). The van der Waals surface area contributed by atoms with Gasteiger partial charge in [-0.3, -0.25) is 4.79 Å². The number of esters is 1. The van der Waals surface area contributed by atoms with Crippen LogP contribution in [0.3, 0.4) is 0 Å². The van der Waals surface area contributed by atoms with E-state index in [9.17, 15) is 9.59 Å². The summed E-state index contributed by atoms with van der Waals surface area (Å²) in [4.78, 5) is 34.7. The van der Waals surface area contributed by atoms with Gasteiger partial charge in [-0.15, -0.1) is 22.7 Å². The molecule has 114 valence electrons. The van der Waals surface area contributed by atoms with Crippen molar-refractivity contribution in [3.8, 4) is 0 Å². The number of hydrogen-bond donors (Lipinski definition) is 1. The third kappa shape index (κ3) is 2.57. The number of aromatic nitrogens is 2. The van der Waals surface area contributed by atoms with E-state index >= 15 is 0 Å². The third-order valence-corrected chi connectivity index (χ3v) is 5.52. The number of fused-ring (bicyclic) bond motifs is 1. The molecule has 0 saturated heterocycles. The monoisotopic (exact) mass is 334 g/mol. The van der Waals surface area contributed by atoms with Crippen molar-refractivity contribution in [2.24, 2.45) is 0 Å². The highest BCUT2D eigenvalue weighted by Crippen LogP contribution is 2.28. The molecule has 5 nitrogen and oxygen atoms in total. The maximum absolute atomic E-state index is 12.3. The summed E-state index contributed by atoms with van der Waals surface area (Å²) in [5.41, 5.74) is 0.413. The van der Waals surface area contributed by atoms with Gasteiger partial charge in [-0.2, -0.15) is 0 Å². The van der Waals surface area contributed by atoms with Crippen LogP contribution in [-0.4, -0.2) is 23.0 Å². The van der Waals surface area contributed by atoms with Crippen molar-refractivity contribution >= 4 is 38.9 Å². The molecule has 7 heteroatoms. The van der Waals surface area contributed by atoms with Gasteiger partial charge in [0.1, 0.15) is 15.5 Å². The Morgan fingerprint density at radius 3 is 2.73 bits per heavy atom. The lowest BCUT2D eigenvalue weighted by atomic mass is 10.2. The SMILES string of the molecule is COC(=O)c1sc2nc(Cc3ccc(C)s3)[nH]c(=O)c2c1C. The lowest BCUT2D eigenvalue weighted by Gasteiger charge is -1.99. The fourth-order valence-corrected chi connectivity index (χ4v) is 4.32. The smallest absolute Gasteiger partial charge is 0.348 e. The quantitative estimate of drug-likeness (QED) is 0.747. The largest absolute Gasteiger partial charge is 0.465 e. The number of thiophene rings is 2. The van der Waals surface area contributed by atoms with Crippen molar-refractivity contribution in [1.29, 1.82) is 0 Å². The lowest BCUT2D eigenvalue weighted by molar-refractivity contribution is 0.0605. The summed E-state index contributed by atoms with van der Waals surface area (Å²) in [5.74, 6) is 0.173. The molecule has 3 aromatic heterocycles. The zero-order valence-electron chi connectivity index (χ0n) is 12.4. The molecule has 3 rings (SSSR count). The van der Waals surface area contributed by atoms with Crippen molar-refractivity contribution < 1.29 is 9.53 Å². The van der Waals surface area contributed by atoms with Crippen molar-refractivity contribution in [2.45, 2.75) is 20.3 Å². The summed E-state index contributed by atoms with van der Waals surface area (Å²) >= 11 is 2.88. The van der Waals surface area contributed by atoms with Gasteiger partial charge in [-0.05, 0) is 31.5 Å². The van der Waals surface area contributed by atoms with Crippen LogP contribution >= 0.6 is 22.7 Å². The van der Waals surface area contributed by atoms with Gasteiger partial charge < -0.3 is 9.72 Å². The molecule has 0 aliphatic heterocycles. The number of rotatable bonds is 3. The number of carbonyl (C=O) groups excluding carboxylic acids is 1. The van der Waals surface area contributed by atoms with Crippen LogP contribution in [0.5, 0.6) is 0 Å². The molecule has 0 unspecified atom stereocenters. The van der Waals surface area contributed by atoms with Crippen LogP contribution in [0.25, 0.3) is 10.2 Å². The second-order valence-electron chi connectivity index (χ2n) is 4.93. The summed E-state index contributed by atoms with van der Waals surface area (Å²) in [6.45, 7) is 3.78. The molecule has 0 aliphatic rings. The first-order chi connectivity index (χ1) is 10.5. The predicted octanol–water partition coefficient (Wildman–Crippen LogP) is 3.04. The molecule has 0 aliphatic carbocycles. The van der Waals surface area contributed by atoms with Crippen molar-refractivity contribution in [3.05, 3.63) is 48.5 Å². The minimum Gasteiger partial charge on any atom is -0.465 e. The van der Waals surface area contributed by atoms with E-state index < -0.39 is 5.97 Å². The molecule has 0 amide bonds. The fourth-order valence-electron chi connectivity index (χ4n) is 2.30. The van der Waals surface area contributed by atoms with Crippen LogP contribution < -0.4 is 5.56 Å². The Hall–Kier alpha value is -1.99. The maximum Gasteiger partial charge on any atom is 0.348 e. The summed E-state index contributed by atoms with van der Waals surface area (Å²) in [6.07, 6.45) is 0.578. The average molecular weight is 334 g/mol. The molecule has 0 atom stereocenters. The molecule has 3 aromatic rings. The Bertz CT molecular complexity index is 921. The molecule has 22 heavy (non-hydrogen) atoms. The molecule has 0 bridgehead atoms. The minimum absolute atomic E-state index is 0.211. The Balaban J connectivity index is 2.08. The number of methoxy groups -OCH3 is 1. The van der Waals surface area contributed by atoms with E-state index in [-0.39, 0.29) is 5.56 Å². The summed E-state index contributed by atoms with van der Waals surface area (Å²) < 4.78 is 4.75. The van der Waals surface area contributed by atoms with E-state index in [0.717, 1.165) is 4.88 Å². The van der Waals surface area contributed by atoms with Crippen LogP contribution in [0.1, 0.15) is 30.8 Å². The number of ether oxygens (including phenoxy) is 1. The second-order valence-corrected chi connectivity index (χ2v) is 7.30. The van der Waals surface area contributed by atoms with Gasteiger partial charge >= 0.3 is 5.97 Å². The fraction of sp³-hybridized carbons (Fsp3) is 0.267. The maximum atomic E-state index is 12.3. The predicted molar refractivity (Wildman–Crippen MR) is 88.2 cm³/mol. The van der Waals surface area contributed by atoms with Crippen LogP contribution in [0, 0.1) is 13.8 Å². The van der Waals surface area contributed by atoms with Gasteiger partial charge in [0.15, 0.2) is 0 Å². The number of aryl methyl sites for hydroxylation is 2. The first kappa shape index (κ1) is 14.9. The topological polar surface area (TPSA) is 72.0 Å². The molecule has 1 N–H and O–H groups in total. The van der Waals surface area contributed by atoms with Gasteiger partial charge in [-0.25, -0.2) is 9.78 Å². The van der Waals surface area contributed by atoms with E-state index in [1.807, 2.05) is 19.1 Å². The number of nitrogens with zero attached hydrogens (tertiary/aromatic N) is 1. The van der Waals surface area contributed by atoms with Gasteiger partial charge in [0.05, 0.1) is 12.5 Å². The van der Waals surface area contributed by atoms with Crippen molar-refractivity contribution in [2.75, 3.05) is 7.11 Å².